The first-order chi connectivity index (χ1) is 7.81. The zero-order valence-electron chi connectivity index (χ0n) is 11.0. The van der Waals surface area contributed by atoms with Gasteiger partial charge in [-0.3, -0.25) is 4.90 Å². The monoisotopic (exact) mass is 224 g/mol. The molecule has 1 saturated carbocycles. The molecule has 0 radical (unpaired) electrons. The molecule has 0 aromatic heterocycles. The molecule has 2 unspecified atom stereocenters. The number of hydrogen-bond acceptors (Lipinski definition) is 2. The minimum atomic E-state index is 0.799. The predicted octanol–water partition coefficient (Wildman–Crippen LogP) is 2.78. The fraction of sp³-hybridized carbons (Fsp3) is 1.00. The van der Waals surface area contributed by atoms with Gasteiger partial charge in [0.1, 0.15) is 0 Å². The van der Waals surface area contributed by atoms with Crippen LogP contribution >= 0.6 is 0 Å². The van der Waals surface area contributed by atoms with Crippen molar-refractivity contribution >= 4 is 0 Å². The highest BCUT2D eigenvalue weighted by molar-refractivity contribution is 4.83. The van der Waals surface area contributed by atoms with E-state index in [1.807, 2.05) is 0 Å². The molecular formula is C14H28N2. The largest absolute Gasteiger partial charge is 0.314 e. The van der Waals surface area contributed by atoms with Crippen molar-refractivity contribution < 1.29 is 0 Å². The van der Waals surface area contributed by atoms with Crippen LogP contribution in [-0.4, -0.2) is 36.1 Å². The quantitative estimate of drug-likeness (QED) is 0.669. The summed E-state index contributed by atoms with van der Waals surface area (Å²) in [4.78, 5) is 2.75. The van der Waals surface area contributed by atoms with E-state index >= 15 is 0 Å². The maximum absolute atomic E-state index is 3.61. The highest BCUT2D eigenvalue weighted by Crippen LogP contribution is 2.24. The van der Waals surface area contributed by atoms with Crippen molar-refractivity contribution in [3.8, 4) is 0 Å². The molecular weight excluding hydrogens is 196 g/mol. The normalized spacial score (nSPS) is 28.5. The van der Waals surface area contributed by atoms with Crippen LogP contribution in [0.3, 0.4) is 0 Å². The molecule has 2 rings (SSSR count). The van der Waals surface area contributed by atoms with Crippen molar-refractivity contribution in [3.63, 3.8) is 0 Å². The van der Waals surface area contributed by atoms with Gasteiger partial charge in [-0.1, -0.05) is 6.92 Å². The van der Waals surface area contributed by atoms with Gasteiger partial charge in [-0.15, -0.1) is 0 Å². The first kappa shape index (κ1) is 12.4. The van der Waals surface area contributed by atoms with Crippen molar-refractivity contribution in [2.75, 3.05) is 13.1 Å². The summed E-state index contributed by atoms with van der Waals surface area (Å²) in [6, 6.07) is 2.56. The standard InChI is InChI=1S/C14H28N2/c1-3-14-7-5-11-16(14)12(2)6-4-10-15-13-8-9-13/h12-15H,3-11H2,1-2H3. The third-order valence-corrected chi connectivity index (χ3v) is 4.27. The number of hydrogen-bond donors (Lipinski definition) is 1. The van der Waals surface area contributed by atoms with Gasteiger partial charge >= 0.3 is 0 Å². The Hall–Kier alpha value is -0.0800. The Labute approximate surface area is 101 Å². The van der Waals surface area contributed by atoms with Crippen LogP contribution < -0.4 is 5.32 Å². The second kappa shape index (κ2) is 6.02. The van der Waals surface area contributed by atoms with E-state index in [9.17, 15) is 0 Å². The molecule has 1 saturated heterocycles. The Morgan fingerprint density at radius 3 is 2.81 bits per heavy atom. The second-order valence-corrected chi connectivity index (χ2v) is 5.66. The molecule has 1 heterocycles. The first-order valence-corrected chi connectivity index (χ1v) is 7.30. The van der Waals surface area contributed by atoms with E-state index in [-0.39, 0.29) is 0 Å². The lowest BCUT2D eigenvalue weighted by molar-refractivity contribution is 0.177. The highest BCUT2D eigenvalue weighted by atomic mass is 15.2. The number of nitrogens with zero attached hydrogens (tertiary/aromatic N) is 1. The molecule has 0 amide bonds. The van der Waals surface area contributed by atoms with Gasteiger partial charge in [-0.2, -0.15) is 0 Å². The van der Waals surface area contributed by atoms with Gasteiger partial charge in [0.2, 0.25) is 0 Å². The zero-order valence-corrected chi connectivity index (χ0v) is 11.0. The molecule has 1 N–H and O–H groups in total. The van der Waals surface area contributed by atoms with Gasteiger partial charge in [-0.25, -0.2) is 0 Å². The third-order valence-electron chi connectivity index (χ3n) is 4.27. The minimum Gasteiger partial charge on any atom is -0.314 e. The number of likely N-dealkylation sites (tertiary alicyclic amines) is 1. The molecule has 2 nitrogen and oxygen atoms in total. The van der Waals surface area contributed by atoms with E-state index in [0.717, 1.165) is 18.1 Å². The fourth-order valence-corrected chi connectivity index (χ4v) is 3.03. The van der Waals surface area contributed by atoms with Crippen LogP contribution in [0.2, 0.25) is 0 Å². The maximum Gasteiger partial charge on any atom is 0.00959 e. The van der Waals surface area contributed by atoms with Gasteiger partial charge in [0, 0.05) is 18.1 Å². The Morgan fingerprint density at radius 1 is 1.31 bits per heavy atom. The van der Waals surface area contributed by atoms with Crippen molar-refractivity contribution in [2.24, 2.45) is 0 Å². The van der Waals surface area contributed by atoms with Crippen LogP contribution in [0.5, 0.6) is 0 Å². The van der Waals surface area contributed by atoms with Gasteiger partial charge in [0.15, 0.2) is 0 Å². The van der Waals surface area contributed by atoms with Crippen LogP contribution in [0, 0.1) is 0 Å². The zero-order chi connectivity index (χ0) is 11.4. The molecule has 1 aliphatic heterocycles. The lowest BCUT2D eigenvalue weighted by atomic mass is 10.1. The molecule has 0 spiro atoms. The predicted molar refractivity (Wildman–Crippen MR) is 69.7 cm³/mol. The van der Waals surface area contributed by atoms with E-state index in [4.69, 9.17) is 0 Å². The number of rotatable bonds is 7. The molecule has 2 aliphatic rings. The SMILES string of the molecule is CCC1CCCN1C(C)CCCNC1CC1. The molecule has 16 heavy (non-hydrogen) atoms. The summed E-state index contributed by atoms with van der Waals surface area (Å²) in [6.45, 7) is 7.34. The van der Waals surface area contributed by atoms with Gasteiger partial charge in [0.05, 0.1) is 0 Å². The van der Waals surface area contributed by atoms with Crippen LogP contribution in [0.25, 0.3) is 0 Å². The molecule has 0 bridgehead atoms. The summed E-state index contributed by atoms with van der Waals surface area (Å²) < 4.78 is 0. The first-order valence-electron chi connectivity index (χ1n) is 7.30. The summed E-state index contributed by atoms with van der Waals surface area (Å²) in [6.07, 6.45) is 9.75. The summed E-state index contributed by atoms with van der Waals surface area (Å²) in [5, 5.41) is 3.61. The van der Waals surface area contributed by atoms with Crippen molar-refractivity contribution in [2.45, 2.75) is 76.9 Å². The average molecular weight is 224 g/mol. The molecule has 2 atom stereocenters. The Kier molecular flexibility index (Phi) is 4.66. The van der Waals surface area contributed by atoms with E-state index in [1.54, 1.807) is 0 Å². The fourth-order valence-electron chi connectivity index (χ4n) is 3.03. The molecule has 0 aromatic carbocycles. The van der Waals surface area contributed by atoms with E-state index in [0.29, 0.717) is 0 Å². The van der Waals surface area contributed by atoms with Gasteiger partial charge in [0.25, 0.3) is 0 Å². The smallest absolute Gasteiger partial charge is 0.00959 e. The number of nitrogens with one attached hydrogen (secondary N) is 1. The summed E-state index contributed by atoms with van der Waals surface area (Å²) in [5.74, 6) is 0. The van der Waals surface area contributed by atoms with Crippen LogP contribution in [0.4, 0.5) is 0 Å². The van der Waals surface area contributed by atoms with E-state index in [1.165, 1.54) is 58.0 Å². The molecule has 0 aromatic rings. The van der Waals surface area contributed by atoms with Crippen LogP contribution in [0.1, 0.15) is 58.8 Å². The second-order valence-electron chi connectivity index (χ2n) is 5.66. The topological polar surface area (TPSA) is 15.3 Å². The van der Waals surface area contributed by atoms with Crippen molar-refractivity contribution in [1.82, 2.24) is 10.2 Å². The van der Waals surface area contributed by atoms with Crippen LogP contribution in [-0.2, 0) is 0 Å². The van der Waals surface area contributed by atoms with Gasteiger partial charge < -0.3 is 5.32 Å². The lowest BCUT2D eigenvalue weighted by Crippen LogP contribution is -2.37. The minimum absolute atomic E-state index is 0.799. The third kappa shape index (κ3) is 3.46. The van der Waals surface area contributed by atoms with E-state index < -0.39 is 0 Å². The summed E-state index contributed by atoms with van der Waals surface area (Å²) in [5.41, 5.74) is 0. The summed E-state index contributed by atoms with van der Waals surface area (Å²) in [7, 11) is 0. The summed E-state index contributed by atoms with van der Waals surface area (Å²) >= 11 is 0. The lowest BCUT2D eigenvalue weighted by Gasteiger charge is -2.30. The van der Waals surface area contributed by atoms with Gasteiger partial charge in [-0.05, 0) is 65.0 Å². The molecule has 2 heteroatoms. The molecule has 1 aliphatic carbocycles. The van der Waals surface area contributed by atoms with E-state index in [2.05, 4.69) is 24.1 Å². The Bertz CT molecular complexity index is 201. The molecule has 94 valence electrons. The Morgan fingerprint density at radius 2 is 2.12 bits per heavy atom. The van der Waals surface area contributed by atoms with Crippen LogP contribution in [0.15, 0.2) is 0 Å². The highest BCUT2D eigenvalue weighted by Gasteiger charge is 2.26. The average Bonchev–Trinajstić information content (AvgIpc) is 2.99. The Balaban J connectivity index is 1.59. The van der Waals surface area contributed by atoms with Crippen molar-refractivity contribution in [3.05, 3.63) is 0 Å². The van der Waals surface area contributed by atoms with Crippen molar-refractivity contribution in [1.29, 1.82) is 0 Å². The maximum atomic E-state index is 3.61. The molecule has 2 fully saturated rings.